The van der Waals surface area contributed by atoms with Crippen molar-refractivity contribution in [2.45, 2.75) is 39.5 Å². The Hall–Kier alpha value is -1.68. The van der Waals surface area contributed by atoms with E-state index in [0.29, 0.717) is 12.9 Å². The number of carbonyl (C=O) groups excluding carboxylic acids is 1. The predicted octanol–water partition coefficient (Wildman–Crippen LogP) is 2.93. The molecule has 0 heterocycles. The molecule has 116 valence electrons. The van der Waals surface area contributed by atoms with Gasteiger partial charge in [0, 0.05) is 6.61 Å². The molecule has 0 spiro atoms. The van der Waals surface area contributed by atoms with Crippen LogP contribution in [-0.4, -0.2) is 30.6 Å². The lowest BCUT2D eigenvalue weighted by molar-refractivity contribution is -0.145. The highest BCUT2D eigenvalue weighted by atomic mass is 16.5. The van der Waals surface area contributed by atoms with Crippen molar-refractivity contribution >= 4 is 12.3 Å². The molecule has 21 heavy (non-hydrogen) atoms. The number of carboxylic acids is 1. The predicted molar refractivity (Wildman–Crippen MR) is 81.5 cm³/mol. The molecule has 4 heteroatoms. The van der Waals surface area contributed by atoms with Gasteiger partial charge in [0.2, 0.25) is 0 Å². The Morgan fingerprint density at radius 3 is 2.62 bits per heavy atom. The first-order chi connectivity index (χ1) is 10.0. The van der Waals surface area contributed by atoms with Crippen molar-refractivity contribution in [1.29, 1.82) is 0 Å². The number of aryl methyl sites for hydroxylation is 3. The van der Waals surface area contributed by atoms with Gasteiger partial charge in [-0.1, -0.05) is 24.6 Å². The molecule has 0 aliphatic heterocycles. The molecule has 4 nitrogen and oxygen atoms in total. The third-order valence-electron chi connectivity index (χ3n) is 3.60. The Bertz CT molecular complexity index is 468. The van der Waals surface area contributed by atoms with Crippen LogP contribution in [0.25, 0.3) is 0 Å². The smallest absolute Gasteiger partial charge is 0.316 e. The van der Waals surface area contributed by atoms with Crippen molar-refractivity contribution in [3.63, 3.8) is 0 Å². The van der Waals surface area contributed by atoms with Crippen LogP contribution in [0.1, 0.15) is 36.0 Å². The highest BCUT2D eigenvalue weighted by Crippen LogP contribution is 2.12. The number of aldehydes is 1. The molecule has 0 saturated carbocycles. The lowest BCUT2D eigenvalue weighted by Crippen LogP contribution is -2.21. The van der Waals surface area contributed by atoms with Gasteiger partial charge >= 0.3 is 5.97 Å². The summed E-state index contributed by atoms with van der Waals surface area (Å²) in [6, 6.07) is 6.55. The highest BCUT2D eigenvalue weighted by Gasteiger charge is 2.15. The summed E-state index contributed by atoms with van der Waals surface area (Å²) in [5.41, 5.74) is 3.99. The maximum atomic E-state index is 10.6. The summed E-state index contributed by atoms with van der Waals surface area (Å²) >= 11 is 0. The monoisotopic (exact) mass is 292 g/mol. The van der Waals surface area contributed by atoms with E-state index in [2.05, 4.69) is 32.0 Å². The Morgan fingerprint density at radius 1 is 1.24 bits per heavy atom. The largest absolute Gasteiger partial charge is 0.481 e. The van der Waals surface area contributed by atoms with Gasteiger partial charge in [-0.15, -0.1) is 0 Å². The summed E-state index contributed by atoms with van der Waals surface area (Å²) in [5.74, 6) is -2.17. The summed E-state index contributed by atoms with van der Waals surface area (Å²) in [6.45, 7) is 4.71. The van der Waals surface area contributed by atoms with E-state index in [1.807, 2.05) is 0 Å². The van der Waals surface area contributed by atoms with E-state index in [0.717, 1.165) is 25.7 Å². The van der Waals surface area contributed by atoms with Crippen LogP contribution in [-0.2, 0) is 20.7 Å². The zero-order valence-electron chi connectivity index (χ0n) is 12.8. The van der Waals surface area contributed by atoms with Gasteiger partial charge in [0.05, 0.1) is 6.61 Å². The van der Waals surface area contributed by atoms with Crippen molar-refractivity contribution in [2.75, 3.05) is 13.2 Å². The molecule has 0 bridgehead atoms. The molecule has 1 aromatic carbocycles. The van der Waals surface area contributed by atoms with Gasteiger partial charge in [0.1, 0.15) is 12.2 Å². The lowest BCUT2D eigenvalue weighted by Gasteiger charge is -2.07. The highest BCUT2D eigenvalue weighted by molar-refractivity contribution is 5.86. The summed E-state index contributed by atoms with van der Waals surface area (Å²) in [6.07, 6.45) is 4.47. The van der Waals surface area contributed by atoms with Crippen molar-refractivity contribution in [1.82, 2.24) is 0 Å². The fraction of sp³-hybridized carbons (Fsp3) is 0.529. The Kier molecular flexibility index (Phi) is 7.69. The van der Waals surface area contributed by atoms with Crippen LogP contribution in [0, 0.1) is 19.8 Å². The van der Waals surface area contributed by atoms with Crippen LogP contribution in [0.3, 0.4) is 0 Å². The number of rotatable bonds is 10. The van der Waals surface area contributed by atoms with E-state index in [9.17, 15) is 9.59 Å². The minimum Gasteiger partial charge on any atom is -0.481 e. The molecule has 0 aromatic heterocycles. The van der Waals surface area contributed by atoms with Gasteiger partial charge in [-0.3, -0.25) is 4.79 Å². The van der Waals surface area contributed by atoms with Gasteiger partial charge in [0.15, 0.2) is 0 Å². The van der Waals surface area contributed by atoms with Crippen LogP contribution in [0.5, 0.6) is 0 Å². The van der Waals surface area contributed by atoms with E-state index in [1.165, 1.54) is 16.7 Å². The zero-order valence-corrected chi connectivity index (χ0v) is 12.8. The second kappa shape index (κ2) is 9.29. The molecule has 1 unspecified atom stereocenters. The van der Waals surface area contributed by atoms with E-state index < -0.39 is 11.9 Å². The summed E-state index contributed by atoms with van der Waals surface area (Å²) < 4.78 is 5.22. The van der Waals surface area contributed by atoms with Gasteiger partial charge in [-0.2, -0.15) is 0 Å². The van der Waals surface area contributed by atoms with Gasteiger partial charge in [-0.05, 0) is 49.8 Å². The van der Waals surface area contributed by atoms with Gasteiger partial charge in [-0.25, -0.2) is 0 Å². The molecule has 0 amide bonds. The van der Waals surface area contributed by atoms with Crippen LogP contribution >= 0.6 is 0 Å². The first kappa shape index (κ1) is 17.4. The van der Waals surface area contributed by atoms with Crippen LogP contribution < -0.4 is 0 Å². The summed E-state index contributed by atoms with van der Waals surface area (Å²) in [7, 11) is 0. The van der Waals surface area contributed by atoms with Crippen LogP contribution in [0.4, 0.5) is 0 Å². The van der Waals surface area contributed by atoms with E-state index >= 15 is 0 Å². The fourth-order valence-corrected chi connectivity index (χ4v) is 2.05. The average molecular weight is 292 g/mol. The molecule has 0 fully saturated rings. The molecule has 0 radical (unpaired) electrons. The zero-order chi connectivity index (χ0) is 15.7. The molecular formula is C17H24O4. The first-order valence-corrected chi connectivity index (χ1v) is 7.36. The van der Waals surface area contributed by atoms with Gasteiger partial charge < -0.3 is 14.6 Å². The van der Waals surface area contributed by atoms with E-state index in [4.69, 9.17) is 9.84 Å². The first-order valence-electron chi connectivity index (χ1n) is 7.36. The third kappa shape index (κ3) is 6.54. The molecule has 0 saturated heterocycles. The molecule has 1 rings (SSSR count). The van der Waals surface area contributed by atoms with Crippen LogP contribution in [0.2, 0.25) is 0 Å². The maximum Gasteiger partial charge on any atom is 0.316 e. The van der Waals surface area contributed by atoms with Crippen molar-refractivity contribution in [2.24, 2.45) is 5.92 Å². The Labute approximate surface area is 126 Å². The third-order valence-corrected chi connectivity index (χ3v) is 3.60. The van der Waals surface area contributed by atoms with Crippen molar-refractivity contribution in [3.05, 3.63) is 34.9 Å². The minimum atomic E-state index is -1.13. The Balaban J connectivity index is 2.10. The van der Waals surface area contributed by atoms with Gasteiger partial charge in [0.25, 0.3) is 0 Å². The quantitative estimate of drug-likeness (QED) is 0.409. The number of unbranched alkanes of at least 4 members (excludes halogenated alkanes) is 2. The van der Waals surface area contributed by atoms with Crippen LogP contribution in [0.15, 0.2) is 18.2 Å². The summed E-state index contributed by atoms with van der Waals surface area (Å²) in [5, 5.41) is 8.67. The SMILES string of the molecule is Cc1ccc(CCCCCOCC(C=O)C(=O)O)cc1C. The number of ether oxygens (including phenoxy) is 1. The molecule has 1 aromatic rings. The number of hydrogen-bond acceptors (Lipinski definition) is 3. The normalized spacial score (nSPS) is 12.1. The number of aliphatic carboxylic acids is 1. The molecule has 1 atom stereocenters. The second-order valence-corrected chi connectivity index (χ2v) is 5.38. The lowest BCUT2D eigenvalue weighted by atomic mass is 10.0. The van der Waals surface area contributed by atoms with E-state index in [1.54, 1.807) is 0 Å². The maximum absolute atomic E-state index is 10.6. The van der Waals surface area contributed by atoms with E-state index in [-0.39, 0.29) is 6.61 Å². The minimum absolute atomic E-state index is 0.0318. The summed E-state index contributed by atoms with van der Waals surface area (Å²) in [4.78, 5) is 21.1. The number of benzene rings is 1. The molecule has 0 aliphatic rings. The average Bonchev–Trinajstić information content (AvgIpc) is 2.45. The molecular weight excluding hydrogens is 268 g/mol. The number of hydrogen-bond donors (Lipinski definition) is 1. The topological polar surface area (TPSA) is 63.6 Å². The standard InChI is InChI=1S/C17H24O4/c1-13-7-8-15(10-14(13)2)6-4-3-5-9-21-12-16(11-18)17(19)20/h7-8,10-11,16H,3-6,9,12H2,1-2H3,(H,19,20). The fourth-order valence-electron chi connectivity index (χ4n) is 2.05. The molecule has 0 aliphatic carbocycles. The molecule has 1 N–H and O–H groups in total. The number of carboxylic acid groups (broad SMARTS) is 1. The van der Waals surface area contributed by atoms with Crippen molar-refractivity contribution in [3.8, 4) is 0 Å². The van der Waals surface area contributed by atoms with Crippen molar-refractivity contribution < 1.29 is 19.4 Å². The number of carbonyl (C=O) groups is 2. The second-order valence-electron chi connectivity index (χ2n) is 5.38. The Morgan fingerprint density at radius 2 is 2.00 bits per heavy atom.